The van der Waals surface area contributed by atoms with Crippen molar-refractivity contribution in [3.63, 3.8) is 0 Å². The first kappa shape index (κ1) is 14.9. The number of aryl methyl sites for hydroxylation is 1. The maximum atomic E-state index is 11.9. The van der Waals surface area contributed by atoms with E-state index < -0.39 is 0 Å². The zero-order valence-electron chi connectivity index (χ0n) is 12.8. The molecule has 0 radical (unpaired) electrons. The highest BCUT2D eigenvalue weighted by Crippen LogP contribution is 2.29. The lowest BCUT2D eigenvalue weighted by Crippen LogP contribution is -2.08. The molecule has 0 saturated heterocycles. The van der Waals surface area contributed by atoms with Gasteiger partial charge >= 0.3 is 5.63 Å². The lowest BCUT2D eigenvalue weighted by molar-refractivity contribution is 0.467. The Bertz CT molecular complexity index is 859. The molecule has 0 aliphatic rings. The van der Waals surface area contributed by atoms with Gasteiger partial charge in [-0.1, -0.05) is 49.4 Å². The second kappa shape index (κ2) is 6.41. The van der Waals surface area contributed by atoms with Crippen LogP contribution in [0.2, 0.25) is 0 Å². The minimum absolute atomic E-state index is 0.206. The molecule has 0 bridgehead atoms. The molecule has 0 amide bonds. The van der Waals surface area contributed by atoms with Gasteiger partial charge < -0.3 is 4.42 Å². The van der Waals surface area contributed by atoms with E-state index in [1.165, 1.54) is 16.3 Å². The molecule has 0 unspecified atom stereocenters. The van der Waals surface area contributed by atoms with Crippen molar-refractivity contribution in [2.24, 2.45) is 0 Å². The zero-order valence-corrected chi connectivity index (χ0v) is 13.6. The van der Waals surface area contributed by atoms with E-state index in [1.54, 1.807) is 11.8 Å². The largest absolute Gasteiger partial charge is 0.428 e. The van der Waals surface area contributed by atoms with Gasteiger partial charge in [0.2, 0.25) is 0 Å². The summed E-state index contributed by atoms with van der Waals surface area (Å²) < 4.78 is 5.19. The number of benzene rings is 2. The number of rotatable bonds is 4. The molecule has 0 atom stereocenters. The predicted molar refractivity (Wildman–Crippen MR) is 92.6 cm³/mol. The Hall–Kier alpha value is -2.00. The Labute approximate surface area is 134 Å². The molecule has 2 aromatic carbocycles. The van der Waals surface area contributed by atoms with Gasteiger partial charge in [-0.25, -0.2) is 4.79 Å². The van der Waals surface area contributed by atoms with E-state index in [-0.39, 0.29) is 5.63 Å². The third-order valence-corrected chi connectivity index (χ3v) is 4.88. The molecule has 22 heavy (non-hydrogen) atoms. The standard InChI is InChI=1S/C19H18O2S/c1-3-16-18(11-13(2)21-19(16)20)22-12-15-9-6-8-14-7-4-5-10-17(14)15/h4-11H,3,12H2,1-2H3. The predicted octanol–water partition coefficient (Wildman–Crippen LogP) is 4.96. The van der Waals surface area contributed by atoms with Crippen LogP contribution in [0, 0.1) is 6.92 Å². The van der Waals surface area contributed by atoms with E-state index in [0.29, 0.717) is 12.2 Å². The fourth-order valence-corrected chi connectivity index (χ4v) is 3.84. The molecule has 0 aliphatic heterocycles. The Kier molecular flexibility index (Phi) is 4.34. The van der Waals surface area contributed by atoms with Crippen LogP contribution in [0.4, 0.5) is 0 Å². The summed E-state index contributed by atoms with van der Waals surface area (Å²) >= 11 is 1.71. The van der Waals surface area contributed by atoms with Crippen molar-refractivity contribution in [3.8, 4) is 0 Å². The van der Waals surface area contributed by atoms with Crippen LogP contribution in [-0.4, -0.2) is 0 Å². The minimum Gasteiger partial charge on any atom is -0.428 e. The minimum atomic E-state index is -0.206. The number of fused-ring (bicyclic) bond motifs is 1. The topological polar surface area (TPSA) is 30.2 Å². The lowest BCUT2D eigenvalue weighted by atomic mass is 10.1. The summed E-state index contributed by atoms with van der Waals surface area (Å²) in [5.41, 5.74) is 1.86. The van der Waals surface area contributed by atoms with Crippen LogP contribution in [0.1, 0.15) is 23.8 Å². The second-order valence-electron chi connectivity index (χ2n) is 5.27. The quantitative estimate of drug-likeness (QED) is 0.638. The van der Waals surface area contributed by atoms with Crippen LogP contribution in [0.25, 0.3) is 10.8 Å². The normalized spacial score (nSPS) is 11.0. The van der Waals surface area contributed by atoms with Gasteiger partial charge in [-0.3, -0.25) is 0 Å². The molecule has 3 rings (SSSR count). The molecule has 1 aromatic heterocycles. The van der Waals surface area contributed by atoms with Gasteiger partial charge in [-0.2, -0.15) is 0 Å². The smallest absolute Gasteiger partial charge is 0.340 e. The zero-order chi connectivity index (χ0) is 15.5. The maximum absolute atomic E-state index is 11.9. The SMILES string of the molecule is CCc1c(SCc2cccc3ccccc23)cc(C)oc1=O. The van der Waals surface area contributed by atoms with Crippen LogP contribution in [0.5, 0.6) is 0 Å². The summed E-state index contributed by atoms with van der Waals surface area (Å²) in [4.78, 5) is 13.0. The molecule has 0 fully saturated rings. The summed E-state index contributed by atoms with van der Waals surface area (Å²) in [5.74, 6) is 1.51. The van der Waals surface area contributed by atoms with Crippen LogP contribution < -0.4 is 5.63 Å². The van der Waals surface area contributed by atoms with Crippen molar-refractivity contribution in [1.82, 2.24) is 0 Å². The highest BCUT2D eigenvalue weighted by Gasteiger charge is 2.10. The Morgan fingerprint density at radius 3 is 2.68 bits per heavy atom. The van der Waals surface area contributed by atoms with E-state index >= 15 is 0 Å². The summed E-state index contributed by atoms with van der Waals surface area (Å²) in [6, 6.07) is 16.7. The van der Waals surface area contributed by atoms with Crippen LogP contribution in [0.15, 0.2) is 62.6 Å². The number of hydrogen-bond acceptors (Lipinski definition) is 3. The third-order valence-electron chi connectivity index (χ3n) is 3.75. The van der Waals surface area contributed by atoms with E-state index in [2.05, 4.69) is 42.5 Å². The first-order chi connectivity index (χ1) is 10.7. The van der Waals surface area contributed by atoms with Gasteiger partial charge in [0.15, 0.2) is 0 Å². The lowest BCUT2D eigenvalue weighted by Gasteiger charge is -2.09. The Balaban J connectivity index is 1.93. The monoisotopic (exact) mass is 310 g/mol. The van der Waals surface area contributed by atoms with Crippen molar-refractivity contribution < 1.29 is 4.42 Å². The molecule has 3 aromatic rings. The number of hydrogen-bond donors (Lipinski definition) is 0. The van der Waals surface area contributed by atoms with E-state index in [1.807, 2.05) is 19.9 Å². The molecule has 2 nitrogen and oxygen atoms in total. The maximum Gasteiger partial charge on any atom is 0.340 e. The average molecular weight is 310 g/mol. The van der Waals surface area contributed by atoms with Gasteiger partial charge in [0.25, 0.3) is 0 Å². The third kappa shape index (κ3) is 2.95. The first-order valence-corrected chi connectivity index (χ1v) is 8.40. The average Bonchev–Trinajstić information content (AvgIpc) is 2.52. The Morgan fingerprint density at radius 1 is 1.09 bits per heavy atom. The van der Waals surface area contributed by atoms with Gasteiger partial charge in [0.05, 0.1) is 5.56 Å². The molecule has 0 spiro atoms. The van der Waals surface area contributed by atoms with Gasteiger partial charge in [0.1, 0.15) is 5.76 Å². The van der Waals surface area contributed by atoms with E-state index in [0.717, 1.165) is 16.2 Å². The molecule has 0 N–H and O–H groups in total. The van der Waals surface area contributed by atoms with Crippen molar-refractivity contribution in [2.75, 3.05) is 0 Å². The van der Waals surface area contributed by atoms with Crippen molar-refractivity contribution in [2.45, 2.75) is 30.9 Å². The van der Waals surface area contributed by atoms with Crippen molar-refractivity contribution >= 4 is 22.5 Å². The molecule has 0 saturated carbocycles. The second-order valence-corrected chi connectivity index (χ2v) is 6.28. The van der Waals surface area contributed by atoms with Crippen LogP contribution in [-0.2, 0) is 12.2 Å². The molecular formula is C19H18O2S. The summed E-state index contributed by atoms with van der Waals surface area (Å²) in [6.07, 6.45) is 0.695. The Morgan fingerprint density at radius 2 is 1.86 bits per heavy atom. The molecule has 3 heteroatoms. The summed E-state index contributed by atoms with van der Waals surface area (Å²) in [7, 11) is 0. The molecular weight excluding hydrogens is 292 g/mol. The molecule has 112 valence electrons. The van der Waals surface area contributed by atoms with Crippen molar-refractivity contribution in [1.29, 1.82) is 0 Å². The first-order valence-electron chi connectivity index (χ1n) is 7.42. The fraction of sp³-hybridized carbons (Fsp3) is 0.211. The highest BCUT2D eigenvalue weighted by molar-refractivity contribution is 7.98. The highest BCUT2D eigenvalue weighted by atomic mass is 32.2. The van der Waals surface area contributed by atoms with Gasteiger partial charge in [-0.05, 0) is 35.7 Å². The van der Waals surface area contributed by atoms with E-state index in [4.69, 9.17) is 4.42 Å². The van der Waals surface area contributed by atoms with Crippen LogP contribution >= 0.6 is 11.8 Å². The van der Waals surface area contributed by atoms with Gasteiger partial charge in [0, 0.05) is 10.6 Å². The molecule has 1 heterocycles. The summed E-state index contributed by atoms with van der Waals surface area (Å²) in [6.45, 7) is 3.81. The van der Waals surface area contributed by atoms with Crippen molar-refractivity contribution in [3.05, 3.63) is 75.8 Å². The van der Waals surface area contributed by atoms with E-state index in [9.17, 15) is 4.79 Å². The number of thioether (sulfide) groups is 1. The summed E-state index contributed by atoms with van der Waals surface area (Å²) in [5, 5.41) is 2.52. The van der Waals surface area contributed by atoms with Gasteiger partial charge in [-0.15, -0.1) is 11.8 Å². The fourth-order valence-electron chi connectivity index (χ4n) is 2.63. The van der Waals surface area contributed by atoms with Crippen LogP contribution in [0.3, 0.4) is 0 Å². The molecule has 0 aliphatic carbocycles.